The van der Waals surface area contributed by atoms with Crippen LogP contribution in [0, 0.1) is 0 Å². The molecular weight excluding hydrogens is 396 g/mol. The number of carbonyl (C=O) groups excluding carboxylic acids is 2. The number of hydrogen-bond donors (Lipinski definition) is 2. The van der Waals surface area contributed by atoms with Crippen LogP contribution in [0.2, 0.25) is 0 Å². The summed E-state index contributed by atoms with van der Waals surface area (Å²) in [7, 11) is 3.11. The molecule has 3 rings (SSSR count). The summed E-state index contributed by atoms with van der Waals surface area (Å²) in [6.07, 6.45) is 1.69. The van der Waals surface area contributed by atoms with Crippen LogP contribution in [0.25, 0.3) is 11.3 Å². The third-order valence-electron chi connectivity index (χ3n) is 4.63. The number of aromatic nitrogens is 2. The van der Waals surface area contributed by atoms with Gasteiger partial charge >= 0.3 is 0 Å². The van der Waals surface area contributed by atoms with Crippen LogP contribution in [0.4, 0.5) is 0 Å². The molecule has 0 aliphatic carbocycles. The van der Waals surface area contributed by atoms with Crippen LogP contribution in [-0.4, -0.2) is 48.9 Å². The van der Waals surface area contributed by atoms with E-state index in [-0.39, 0.29) is 18.4 Å². The fourth-order valence-electron chi connectivity index (χ4n) is 3.15. The highest BCUT2D eigenvalue weighted by Gasteiger charge is 2.20. The lowest BCUT2D eigenvalue weighted by Gasteiger charge is -2.09. The Hall–Kier alpha value is -3.81. The third-order valence-corrected chi connectivity index (χ3v) is 4.63. The molecule has 2 aromatic carbocycles. The van der Waals surface area contributed by atoms with Gasteiger partial charge in [0.05, 0.1) is 32.9 Å². The summed E-state index contributed by atoms with van der Waals surface area (Å²) in [6.45, 7) is 2.72. The van der Waals surface area contributed by atoms with Gasteiger partial charge in [-0.15, -0.1) is 0 Å². The molecule has 0 aliphatic heterocycles. The molecule has 0 unspecified atom stereocenters. The van der Waals surface area contributed by atoms with E-state index in [4.69, 9.17) is 9.47 Å². The molecule has 1 aromatic heterocycles. The minimum Gasteiger partial charge on any atom is -0.493 e. The maximum atomic E-state index is 12.9. The molecule has 8 heteroatoms. The fraction of sp³-hybridized carbons (Fsp3) is 0.261. The molecule has 2 N–H and O–H groups in total. The van der Waals surface area contributed by atoms with Gasteiger partial charge in [-0.05, 0) is 30.7 Å². The Labute approximate surface area is 181 Å². The van der Waals surface area contributed by atoms with E-state index in [9.17, 15) is 9.59 Å². The van der Waals surface area contributed by atoms with Gasteiger partial charge in [-0.3, -0.25) is 14.3 Å². The lowest BCUT2D eigenvalue weighted by Crippen LogP contribution is -2.36. The van der Waals surface area contributed by atoms with Crippen LogP contribution in [0.1, 0.15) is 22.8 Å². The predicted molar refractivity (Wildman–Crippen MR) is 117 cm³/mol. The fourth-order valence-corrected chi connectivity index (χ4v) is 3.15. The molecule has 3 aromatic rings. The highest BCUT2D eigenvalue weighted by Crippen LogP contribution is 2.33. The first kappa shape index (κ1) is 21.9. The number of likely N-dealkylation sites (N-methyl/N-ethyl adjacent to an activating group) is 1. The van der Waals surface area contributed by atoms with Crippen LogP contribution in [0.3, 0.4) is 0 Å². The molecule has 0 bridgehead atoms. The van der Waals surface area contributed by atoms with Gasteiger partial charge in [0.25, 0.3) is 5.91 Å². The zero-order chi connectivity index (χ0) is 22.2. The predicted octanol–water partition coefficient (Wildman–Crippen LogP) is 2.48. The van der Waals surface area contributed by atoms with Crippen molar-refractivity contribution in [3.05, 3.63) is 65.9 Å². The second kappa shape index (κ2) is 10.3. The summed E-state index contributed by atoms with van der Waals surface area (Å²) < 4.78 is 12.4. The number of rotatable bonds is 9. The van der Waals surface area contributed by atoms with E-state index in [1.807, 2.05) is 43.3 Å². The van der Waals surface area contributed by atoms with E-state index in [0.717, 1.165) is 5.56 Å². The van der Waals surface area contributed by atoms with E-state index in [1.54, 1.807) is 37.2 Å². The van der Waals surface area contributed by atoms with Gasteiger partial charge < -0.3 is 20.1 Å². The number of nitrogens with zero attached hydrogens (tertiary/aromatic N) is 2. The van der Waals surface area contributed by atoms with Crippen molar-refractivity contribution in [2.45, 2.75) is 13.5 Å². The molecule has 0 fully saturated rings. The summed E-state index contributed by atoms with van der Waals surface area (Å²) in [5.41, 5.74) is 2.61. The van der Waals surface area contributed by atoms with Crippen LogP contribution in [0.15, 0.2) is 54.7 Å². The van der Waals surface area contributed by atoms with E-state index >= 15 is 0 Å². The number of hydrogen-bond acceptors (Lipinski definition) is 5. The molecule has 0 aliphatic rings. The molecule has 162 valence electrons. The highest BCUT2D eigenvalue weighted by molar-refractivity contribution is 6.01. The Morgan fingerprint density at radius 3 is 2.42 bits per heavy atom. The Morgan fingerprint density at radius 1 is 1.00 bits per heavy atom. The SMILES string of the molecule is CCNC(=O)CNC(=O)c1cn(Cc2ccccc2)nc1-c1ccc(OC)c(OC)c1. The molecule has 31 heavy (non-hydrogen) atoms. The molecule has 0 spiro atoms. The standard InChI is InChI=1S/C23H26N4O4/c1-4-24-21(28)13-25-23(29)18-15-27(14-16-8-6-5-7-9-16)26-22(18)17-10-11-19(30-2)20(12-17)31-3/h5-12,15H,4,13-14H2,1-3H3,(H,24,28)(H,25,29). The van der Waals surface area contributed by atoms with Crippen LogP contribution < -0.4 is 20.1 Å². The first-order valence-electron chi connectivity index (χ1n) is 9.94. The van der Waals surface area contributed by atoms with Crippen LogP contribution in [0.5, 0.6) is 11.5 Å². The van der Waals surface area contributed by atoms with Gasteiger partial charge in [-0.2, -0.15) is 5.10 Å². The van der Waals surface area contributed by atoms with Gasteiger partial charge in [0, 0.05) is 18.3 Å². The summed E-state index contributed by atoms with van der Waals surface area (Å²) in [4.78, 5) is 24.6. The Balaban J connectivity index is 1.95. The first-order valence-corrected chi connectivity index (χ1v) is 9.94. The lowest BCUT2D eigenvalue weighted by molar-refractivity contribution is -0.120. The van der Waals surface area contributed by atoms with Crippen molar-refractivity contribution in [1.82, 2.24) is 20.4 Å². The Kier molecular flexibility index (Phi) is 7.26. The van der Waals surface area contributed by atoms with Crippen molar-refractivity contribution < 1.29 is 19.1 Å². The number of benzene rings is 2. The second-order valence-corrected chi connectivity index (χ2v) is 6.78. The van der Waals surface area contributed by atoms with Crippen molar-refractivity contribution in [2.75, 3.05) is 27.3 Å². The average molecular weight is 422 g/mol. The summed E-state index contributed by atoms with van der Waals surface area (Å²) in [5.74, 6) is 0.485. The van der Waals surface area contributed by atoms with E-state index in [0.29, 0.717) is 41.4 Å². The normalized spacial score (nSPS) is 10.4. The van der Waals surface area contributed by atoms with Crippen molar-refractivity contribution in [3.8, 4) is 22.8 Å². The van der Waals surface area contributed by atoms with Crippen molar-refractivity contribution in [2.24, 2.45) is 0 Å². The Bertz CT molecular complexity index is 1050. The van der Waals surface area contributed by atoms with Crippen molar-refractivity contribution in [1.29, 1.82) is 0 Å². The number of carbonyl (C=O) groups is 2. The first-order chi connectivity index (χ1) is 15.0. The smallest absolute Gasteiger partial charge is 0.255 e. The minimum absolute atomic E-state index is 0.109. The topological polar surface area (TPSA) is 94.5 Å². The van der Waals surface area contributed by atoms with E-state index in [1.165, 1.54) is 0 Å². The Morgan fingerprint density at radius 2 is 1.74 bits per heavy atom. The van der Waals surface area contributed by atoms with E-state index < -0.39 is 0 Å². The van der Waals surface area contributed by atoms with Gasteiger partial charge in [-0.25, -0.2) is 0 Å². The summed E-state index contributed by atoms with van der Waals surface area (Å²) >= 11 is 0. The molecule has 0 saturated heterocycles. The second-order valence-electron chi connectivity index (χ2n) is 6.78. The van der Waals surface area contributed by atoms with Gasteiger partial charge in [0.1, 0.15) is 5.69 Å². The molecule has 0 radical (unpaired) electrons. The maximum Gasteiger partial charge on any atom is 0.255 e. The van der Waals surface area contributed by atoms with Gasteiger partial charge in [0.2, 0.25) is 5.91 Å². The molecule has 1 heterocycles. The molecule has 0 saturated carbocycles. The maximum absolute atomic E-state index is 12.9. The quantitative estimate of drug-likeness (QED) is 0.553. The van der Waals surface area contributed by atoms with Crippen LogP contribution >= 0.6 is 0 Å². The number of ether oxygens (including phenoxy) is 2. The third kappa shape index (κ3) is 5.42. The monoisotopic (exact) mass is 422 g/mol. The number of nitrogens with one attached hydrogen (secondary N) is 2. The zero-order valence-corrected chi connectivity index (χ0v) is 17.8. The number of amides is 2. The highest BCUT2D eigenvalue weighted by atomic mass is 16.5. The van der Waals surface area contributed by atoms with Gasteiger partial charge in [-0.1, -0.05) is 30.3 Å². The van der Waals surface area contributed by atoms with Crippen molar-refractivity contribution in [3.63, 3.8) is 0 Å². The summed E-state index contributed by atoms with van der Waals surface area (Å²) in [5, 5.41) is 9.97. The lowest BCUT2D eigenvalue weighted by atomic mass is 10.1. The zero-order valence-electron chi connectivity index (χ0n) is 17.8. The molecular formula is C23H26N4O4. The molecule has 2 amide bonds. The van der Waals surface area contributed by atoms with Crippen LogP contribution in [-0.2, 0) is 11.3 Å². The molecule has 0 atom stereocenters. The number of methoxy groups -OCH3 is 2. The average Bonchev–Trinajstić information content (AvgIpc) is 3.21. The molecule has 8 nitrogen and oxygen atoms in total. The van der Waals surface area contributed by atoms with Gasteiger partial charge in [0.15, 0.2) is 11.5 Å². The minimum atomic E-state index is -0.379. The largest absolute Gasteiger partial charge is 0.493 e. The van der Waals surface area contributed by atoms with Crippen molar-refractivity contribution >= 4 is 11.8 Å². The summed E-state index contributed by atoms with van der Waals surface area (Å²) in [6, 6.07) is 15.2. The van der Waals surface area contributed by atoms with E-state index in [2.05, 4.69) is 15.7 Å².